The SMILES string of the molecule is Cc1noc(C)c1C(C)Nc1ccnc(C(=O)O)c1. The zero-order valence-corrected chi connectivity index (χ0v) is 11.0. The third-order valence-electron chi connectivity index (χ3n) is 2.88. The molecule has 6 nitrogen and oxygen atoms in total. The minimum absolute atomic E-state index is 0.0102. The number of pyridine rings is 1. The van der Waals surface area contributed by atoms with Crippen molar-refractivity contribution in [2.24, 2.45) is 0 Å². The maximum absolute atomic E-state index is 10.9. The summed E-state index contributed by atoms with van der Waals surface area (Å²) in [4.78, 5) is 14.6. The van der Waals surface area contributed by atoms with E-state index in [1.165, 1.54) is 12.3 Å². The first-order valence-electron chi connectivity index (χ1n) is 5.87. The number of anilines is 1. The topological polar surface area (TPSA) is 88.3 Å². The highest BCUT2D eigenvalue weighted by Gasteiger charge is 2.16. The first-order valence-corrected chi connectivity index (χ1v) is 5.87. The van der Waals surface area contributed by atoms with Crippen molar-refractivity contribution in [3.8, 4) is 0 Å². The first-order chi connectivity index (χ1) is 8.99. The van der Waals surface area contributed by atoms with Gasteiger partial charge in [0.05, 0.1) is 11.7 Å². The molecule has 2 rings (SSSR count). The van der Waals surface area contributed by atoms with Crippen LogP contribution in [0.1, 0.15) is 40.5 Å². The number of aryl methyl sites for hydroxylation is 2. The molecule has 0 aliphatic carbocycles. The number of carboxylic acid groups (broad SMARTS) is 1. The molecule has 2 N–H and O–H groups in total. The molecule has 19 heavy (non-hydrogen) atoms. The van der Waals surface area contributed by atoms with Crippen molar-refractivity contribution < 1.29 is 14.4 Å². The Labute approximate surface area is 110 Å². The average molecular weight is 261 g/mol. The number of nitrogens with one attached hydrogen (secondary N) is 1. The molecule has 2 heterocycles. The number of hydrogen-bond donors (Lipinski definition) is 2. The molecule has 0 aliphatic rings. The largest absolute Gasteiger partial charge is 0.477 e. The summed E-state index contributed by atoms with van der Waals surface area (Å²) >= 11 is 0. The Balaban J connectivity index is 2.22. The summed E-state index contributed by atoms with van der Waals surface area (Å²) < 4.78 is 5.12. The van der Waals surface area contributed by atoms with Crippen LogP contribution in [0, 0.1) is 13.8 Å². The maximum atomic E-state index is 10.9. The number of aromatic nitrogens is 2. The molecule has 0 spiro atoms. The van der Waals surface area contributed by atoms with Gasteiger partial charge in [0.15, 0.2) is 0 Å². The highest BCUT2D eigenvalue weighted by atomic mass is 16.5. The quantitative estimate of drug-likeness (QED) is 0.879. The van der Waals surface area contributed by atoms with Crippen LogP contribution in [0.4, 0.5) is 5.69 Å². The van der Waals surface area contributed by atoms with Crippen LogP contribution in [0.25, 0.3) is 0 Å². The van der Waals surface area contributed by atoms with E-state index in [0.717, 1.165) is 17.0 Å². The second-order valence-corrected chi connectivity index (χ2v) is 4.34. The molecule has 0 amide bonds. The predicted molar refractivity (Wildman–Crippen MR) is 69.2 cm³/mol. The van der Waals surface area contributed by atoms with E-state index in [0.29, 0.717) is 5.69 Å². The molecule has 0 saturated carbocycles. The van der Waals surface area contributed by atoms with Crippen LogP contribution in [0.5, 0.6) is 0 Å². The van der Waals surface area contributed by atoms with Gasteiger partial charge in [0.2, 0.25) is 0 Å². The standard InChI is InChI=1S/C13H15N3O3/c1-7(12-8(2)16-19-9(12)3)15-10-4-5-14-11(6-10)13(17)18/h4-7H,1-3H3,(H,14,15)(H,17,18). The van der Waals surface area contributed by atoms with E-state index in [1.807, 2.05) is 20.8 Å². The van der Waals surface area contributed by atoms with Gasteiger partial charge in [0.25, 0.3) is 0 Å². The van der Waals surface area contributed by atoms with E-state index in [-0.39, 0.29) is 11.7 Å². The Morgan fingerprint density at radius 1 is 1.47 bits per heavy atom. The van der Waals surface area contributed by atoms with Gasteiger partial charge in [0.1, 0.15) is 11.5 Å². The van der Waals surface area contributed by atoms with Crippen LogP contribution < -0.4 is 5.32 Å². The van der Waals surface area contributed by atoms with Crippen LogP contribution in [0.3, 0.4) is 0 Å². The van der Waals surface area contributed by atoms with Crippen LogP contribution in [-0.2, 0) is 0 Å². The molecular formula is C13H15N3O3. The third kappa shape index (κ3) is 2.73. The Kier molecular flexibility index (Phi) is 3.50. The molecule has 1 unspecified atom stereocenters. The molecule has 0 bridgehead atoms. The molecule has 2 aromatic rings. The molecular weight excluding hydrogens is 246 g/mol. The second-order valence-electron chi connectivity index (χ2n) is 4.34. The van der Waals surface area contributed by atoms with Gasteiger partial charge in [-0.15, -0.1) is 0 Å². The van der Waals surface area contributed by atoms with Gasteiger partial charge in [0, 0.05) is 17.4 Å². The van der Waals surface area contributed by atoms with Crippen molar-refractivity contribution in [2.45, 2.75) is 26.8 Å². The number of aromatic carboxylic acids is 1. The number of nitrogens with zero attached hydrogens (tertiary/aromatic N) is 2. The van der Waals surface area contributed by atoms with Crippen molar-refractivity contribution >= 4 is 11.7 Å². The molecule has 6 heteroatoms. The Morgan fingerprint density at radius 2 is 2.21 bits per heavy atom. The smallest absolute Gasteiger partial charge is 0.354 e. The second kappa shape index (κ2) is 5.09. The fourth-order valence-corrected chi connectivity index (χ4v) is 2.07. The van der Waals surface area contributed by atoms with Gasteiger partial charge in [-0.25, -0.2) is 9.78 Å². The number of carbonyl (C=O) groups is 1. The highest BCUT2D eigenvalue weighted by Crippen LogP contribution is 2.24. The van der Waals surface area contributed by atoms with E-state index in [9.17, 15) is 4.79 Å². The third-order valence-corrected chi connectivity index (χ3v) is 2.88. The molecule has 100 valence electrons. The Hall–Kier alpha value is -2.37. The summed E-state index contributed by atoms with van der Waals surface area (Å²) in [6.07, 6.45) is 1.46. The monoisotopic (exact) mass is 261 g/mol. The molecule has 0 fully saturated rings. The van der Waals surface area contributed by atoms with E-state index >= 15 is 0 Å². The zero-order chi connectivity index (χ0) is 14.0. The predicted octanol–water partition coefficient (Wildman–Crippen LogP) is 2.56. The Morgan fingerprint density at radius 3 is 2.79 bits per heavy atom. The summed E-state index contributed by atoms with van der Waals surface area (Å²) in [6, 6.07) is 3.19. The minimum Gasteiger partial charge on any atom is -0.477 e. The van der Waals surface area contributed by atoms with Crippen molar-refractivity contribution in [3.05, 3.63) is 41.0 Å². The van der Waals surface area contributed by atoms with E-state index in [1.54, 1.807) is 6.07 Å². The normalized spacial score (nSPS) is 12.2. The van der Waals surface area contributed by atoms with Crippen molar-refractivity contribution in [1.82, 2.24) is 10.1 Å². The fraction of sp³-hybridized carbons (Fsp3) is 0.308. The number of rotatable bonds is 4. The first kappa shape index (κ1) is 13.1. The molecule has 0 aromatic carbocycles. The lowest BCUT2D eigenvalue weighted by atomic mass is 10.1. The van der Waals surface area contributed by atoms with Crippen molar-refractivity contribution in [1.29, 1.82) is 0 Å². The zero-order valence-electron chi connectivity index (χ0n) is 11.0. The van der Waals surface area contributed by atoms with E-state index < -0.39 is 5.97 Å². The maximum Gasteiger partial charge on any atom is 0.354 e. The summed E-state index contributed by atoms with van der Waals surface area (Å²) in [7, 11) is 0. The van der Waals surface area contributed by atoms with E-state index in [2.05, 4.69) is 15.5 Å². The van der Waals surface area contributed by atoms with Gasteiger partial charge in [-0.2, -0.15) is 0 Å². The summed E-state index contributed by atoms with van der Waals surface area (Å²) in [5.41, 5.74) is 2.51. The van der Waals surface area contributed by atoms with Crippen molar-refractivity contribution in [2.75, 3.05) is 5.32 Å². The number of carboxylic acids is 1. The van der Waals surface area contributed by atoms with Crippen LogP contribution >= 0.6 is 0 Å². The molecule has 1 atom stereocenters. The van der Waals surface area contributed by atoms with Gasteiger partial charge < -0.3 is 14.9 Å². The summed E-state index contributed by atoms with van der Waals surface area (Å²) in [5, 5.41) is 16.0. The van der Waals surface area contributed by atoms with E-state index in [4.69, 9.17) is 9.63 Å². The highest BCUT2D eigenvalue weighted by molar-refractivity contribution is 5.86. The lowest BCUT2D eigenvalue weighted by molar-refractivity contribution is 0.0690. The minimum atomic E-state index is -1.05. The van der Waals surface area contributed by atoms with Crippen LogP contribution in [0.15, 0.2) is 22.9 Å². The number of hydrogen-bond acceptors (Lipinski definition) is 5. The molecule has 0 saturated heterocycles. The average Bonchev–Trinajstić information content (AvgIpc) is 2.69. The lowest BCUT2D eigenvalue weighted by Crippen LogP contribution is -2.09. The van der Waals surface area contributed by atoms with Gasteiger partial charge in [-0.3, -0.25) is 0 Å². The van der Waals surface area contributed by atoms with Crippen molar-refractivity contribution in [3.63, 3.8) is 0 Å². The van der Waals surface area contributed by atoms with Crippen LogP contribution in [-0.4, -0.2) is 21.2 Å². The van der Waals surface area contributed by atoms with Gasteiger partial charge >= 0.3 is 5.97 Å². The Bertz CT molecular complexity index is 587. The summed E-state index contributed by atoms with van der Waals surface area (Å²) in [6.45, 7) is 5.69. The molecule has 0 radical (unpaired) electrons. The fourth-order valence-electron chi connectivity index (χ4n) is 2.07. The van der Waals surface area contributed by atoms with Gasteiger partial charge in [-0.05, 0) is 32.9 Å². The van der Waals surface area contributed by atoms with Gasteiger partial charge in [-0.1, -0.05) is 5.16 Å². The molecule has 2 aromatic heterocycles. The molecule has 0 aliphatic heterocycles. The lowest BCUT2D eigenvalue weighted by Gasteiger charge is -2.15. The summed E-state index contributed by atoms with van der Waals surface area (Å²) in [5.74, 6) is -0.293. The van der Waals surface area contributed by atoms with Crippen LogP contribution in [0.2, 0.25) is 0 Å².